The Hall–Kier alpha value is -2.16. The first kappa shape index (κ1) is 17.7. The second-order valence-corrected chi connectivity index (χ2v) is 6.86. The molecule has 1 N–H and O–H groups in total. The van der Waals surface area contributed by atoms with E-state index < -0.39 is 0 Å². The molecule has 0 amide bonds. The van der Waals surface area contributed by atoms with Gasteiger partial charge < -0.3 is 10.2 Å². The van der Waals surface area contributed by atoms with E-state index >= 15 is 0 Å². The minimum Gasteiger partial charge on any atom is -0.310 e. The van der Waals surface area contributed by atoms with Crippen molar-refractivity contribution in [3.63, 3.8) is 0 Å². The number of benzene rings is 3. The molecule has 3 aromatic carbocycles. The lowest BCUT2D eigenvalue weighted by Gasteiger charge is -2.19. The van der Waals surface area contributed by atoms with E-state index in [1.807, 2.05) is 0 Å². The monoisotopic (exact) mass is 332 g/mol. The third-order valence-corrected chi connectivity index (χ3v) is 4.74. The van der Waals surface area contributed by atoms with Gasteiger partial charge in [-0.1, -0.05) is 66.7 Å². The summed E-state index contributed by atoms with van der Waals surface area (Å²) in [6.07, 6.45) is 1.15. The van der Waals surface area contributed by atoms with Gasteiger partial charge in [-0.3, -0.25) is 0 Å². The summed E-state index contributed by atoms with van der Waals surface area (Å²) in [4.78, 5) is 2.39. The van der Waals surface area contributed by atoms with E-state index in [2.05, 4.69) is 97.0 Å². The summed E-state index contributed by atoms with van der Waals surface area (Å²) in [5.74, 6) is 0. The lowest BCUT2D eigenvalue weighted by Crippen LogP contribution is -2.25. The molecule has 130 valence electrons. The predicted molar refractivity (Wildman–Crippen MR) is 108 cm³/mol. The highest BCUT2D eigenvalue weighted by atomic mass is 15.1. The number of nitrogens with one attached hydrogen (secondary N) is 1. The van der Waals surface area contributed by atoms with Gasteiger partial charge in [0.05, 0.1) is 0 Å². The SMILES string of the molecule is CC(NCCCN(C)Cc1ccccc1)c1ccc2ccccc2c1. The molecule has 0 saturated carbocycles. The van der Waals surface area contributed by atoms with Crippen molar-refractivity contribution in [3.05, 3.63) is 83.9 Å². The second-order valence-electron chi connectivity index (χ2n) is 6.86. The van der Waals surface area contributed by atoms with Crippen LogP contribution in [0, 0.1) is 0 Å². The molecule has 0 radical (unpaired) electrons. The van der Waals surface area contributed by atoms with Crippen molar-refractivity contribution in [1.82, 2.24) is 10.2 Å². The van der Waals surface area contributed by atoms with Gasteiger partial charge in [0.1, 0.15) is 0 Å². The minimum atomic E-state index is 0.379. The van der Waals surface area contributed by atoms with Crippen molar-refractivity contribution in [2.45, 2.75) is 25.9 Å². The highest BCUT2D eigenvalue weighted by Gasteiger charge is 2.06. The molecule has 2 heteroatoms. The van der Waals surface area contributed by atoms with Gasteiger partial charge in [0.15, 0.2) is 0 Å². The molecule has 3 rings (SSSR count). The summed E-state index contributed by atoms with van der Waals surface area (Å²) in [7, 11) is 2.19. The Morgan fingerprint density at radius 2 is 1.60 bits per heavy atom. The second kappa shape index (κ2) is 8.80. The van der Waals surface area contributed by atoms with Gasteiger partial charge in [-0.05, 0) is 61.4 Å². The first-order chi connectivity index (χ1) is 12.2. The van der Waals surface area contributed by atoms with Crippen molar-refractivity contribution in [3.8, 4) is 0 Å². The normalized spacial score (nSPS) is 12.6. The average molecular weight is 332 g/mol. The Morgan fingerprint density at radius 3 is 2.40 bits per heavy atom. The van der Waals surface area contributed by atoms with E-state index in [0.29, 0.717) is 6.04 Å². The van der Waals surface area contributed by atoms with Gasteiger partial charge in [-0.2, -0.15) is 0 Å². The number of hydrogen-bond donors (Lipinski definition) is 1. The third-order valence-electron chi connectivity index (χ3n) is 4.74. The number of fused-ring (bicyclic) bond motifs is 1. The van der Waals surface area contributed by atoms with Crippen molar-refractivity contribution < 1.29 is 0 Å². The van der Waals surface area contributed by atoms with E-state index in [4.69, 9.17) is 0 Å². The van der Waals surface area contributed by atoms with Crippen LogP contribution in [0.4, 0.5) is 0 Å². The molecule has 1 unspecified atom stereocenters. The molecule has 2 nitrogen and oxygen atoms in total. The first-order valence-electron chi connectivity index (χ1n) is 9.17. The van der Waals surface area contributed by atoms with Crippen LogP contribution in [0.3, 0.4) is 0 Å². The van der Waals surface area contributed by atoms with Gasteiger partial charge in [-0.15, -0.1) is 0 Å². The maximum atomic E-state index is 3.66. The summed E-state index contributed by atoms with van der Waals surface area (Å²) >= 11 is 0. The fraction of sp³-hybridized carbons (Fsp3) is 0.304. The van der Waals surface area contributed by atoms with Crippen LogP contribution in [-0.2, 0) is 6.54 Å². The lowest BCUT2D eigenvalue weighted by molar-refractivity contribution is 0.317. The Labute approximate surface area is 151 Å². The predicted octanol–water partition coefficient (Wildman–Crippen LogP) is 5.01. The van der Waals surface area contributed by atoms with E-state index in [1.54, 1.807) is 0 Å². The summed E-state index contributed by atoms with van der Waals surface area (Å²) in [5.41, 5.74) is 2.74. The van der Waals surface area contributed by atoms with Crippen LogP contribution in [0.2, 0.25) is 0 Å². The van der Waals surface area contributed by atoms with Crippen molar-refractivity contribution in [2.75, 3.05) is 20.1 Å². The van der Waals surface area contributed by atoms with Crippen LogP contribution in [-0.4, -0.2) is 25.0 Å². The van der Waals surface area contributed by atoms with E-state index in [9.17, 15) is 0 Å². The summed E-state index contributed by atoms with van der Waals surface area (Å²) in [6.45, 7) is 5.40. The zero-order valence-electron chi connectivity index (χ0n) is 15.3. The minimum absolute atomic E-state index is 0.379. The van der Waals surface area contributed by atoms with Crippen LogP contribution in [0.1, 0.15) is 30.5 Å². The molecule has 0 fully saturated rings. The van der Waals surface area contributed by atoms with Crippen LogP contribution in [0.15, 0.2) is 72.8 Å². The highest BCUT2D eigenvalue weighted by molar-refractivity contribution is 5.83. The molecule has 0 aliphatic carbocycles. The molecule has 0 aliphatic heterocycles. The Balaban J connectivity index is 1.43. The van der Waals surface area contributed by atoms with Crippen molar-refractivity contribution in [1.29, 1.82) is 0 Å². The van der Waals surface area contributed by atoms with Crippen LogP contribution >= 0.6 is 0 Å². The molecule has 0 heterocycles. The lowest BCUT2D eigenvalue weighted by atomic mass is 10.0. The van der Waals surface area contributed by atoms with E-state index in [1.165, 1.54) is 21.9 Å². The quantitative estimate of drug-likeness (QED) is 0.583. The summed E-state index contributed by atoms with van der Waals surface area (Å²) in [5, 5.41) is 6.28. The topological polar surface area (TPSA) is 15.3 Å². The summed E-state index contributed by atoms with van der Waals surface area (Å²) in [6, 6.07) is 26.4. The molecule has 0 saturated heterocycles. The maximum Gasteiger partial charge on any atom is 0.0292 e. The van der Waals surface area contributed by atoms with Gasteiger partial charge in [0, 0.05) is 12.6 Å². The van der Waals surface area contributed by atoms with Gasteiger partial charge in [0.2, 0.25) is 0 Å². The molecule has 1 atom stereocenters. The zero-order chi connectivity index (χ0) is 17.5. The zero-order valence-corrected chi connectivity index (χ0v) is 15.3. The largest absolute Gasteiger partial charge is 0.310 e. The van der Waals surface area contributed by atoms with Crippen LogP contribution in [0.5, 0.6) is 0 Å². The smallest absolute Gasteiger partial charge is 0.0292 e. The molecule has 0 spiro atoms. The third kappa shape index (κ3) is 5.15. The standard InChI is InChI=1S/C23H28N2/c1-19(22-14-13-21-11-6-7-12-23(21)17-22)24-15-8-16-25(2)18-20-9-4-3-5-10-20/h3-7,9-14,17,19,24H,8,15-16,18H2,1-2H3. The van der Waals surface area contributed by atoms with Crippen molar-refractivity contribution in [2.24, 2.45) is 0 Å². The number of hydrogen-bond acceptors (Lipinski definition) is 2. The fourth-order valence-electron chi connectivity index (χ4n) is 3.24. The number of rotatable bonds is 8. The molecular weight excluding hydrogens is 304 g/mol. The first-order valence-corrected chi connectivity index (χ1v) is 9.17. The average Bonchev–Trinajstić information content (AvgIpc) is 2.65. The number of nitrogens with zero attached hydrogens (tertiary/aromatic N) is 1. The van der Waals surface area contributed by atoms with Crippen LogP contribution in [0.25, 0.3) is 10.8 Å². The molecule has 25 heavy (non-hydrogen) atoms. The van der Waals surface area contributed by atoms with Crippen LogP contribution < -0.4 is 5.32 Å². The molecule has 3 aromatic rings. The molecular formula is C23H28N2. The Kier molecular flexibility index (Phi) is 6.21. The van der Waals surface area contributed by atoms with Gasteiger partial charge in [-0.25, -0.2) is 0 Å². The summed E-state index contributed by atoms with van der Waals surface area (Å²) < 4.78 is 0. The molecule has 0 aliphatic rings. The molecule has 0 bridgehead atoms. The molecule has 0 aromatic heterocycles. The van der Waals surface area contributed by atoms with E-state index in [-0.39, 0.29) is 0 Å². The van der Waals surface area contributed by atoms with E-state index in [0.717, 1.165) is 26.1 Å². The van der Waals surface area contributed by atoms with Gasteiger partial charge >= 0.3 is 0 Å². The maximum absolute atomic E-state index is 3.66. The van der Waals surface area contributed by atoms with Crippen molar-refractivity contribution >= 4 is 10.8 Å². The Morgan fingerprint density at radius 1 is 0.880 bits per heavy atom. The Bertz CT molecular complexity index is 782. The highest BCUT2D eigenvalue weighted by Crippen LogP contribution is 2.20. The fourth-order valence-corrected chi connectivity index (χ4v) is 3.24. The van der Waals surface area contributed by atoms with Gasteiger partial charge in [0.25, 0.3) is 0 Å².